The van der Waals surface area contributed by atoms with Gasteiger partial charge in [-0.05, 0) is 49.8 Å². The zero-order chi connectivity index (χ0) is 18.6. The van der Waals surface area contributed by atoms with E-state index >= 15 is 0 Å². The Labute approximate surface area is 153 Å². The molecule has 0 unspecified atom stereocenters. The molecule has 0 saturated heterocycles. The van der Waals surface area contributed by atoms with E-state index in [1.165, 1.54) is 43.2 Å². The van der Waals surface area contributed by atoms with Crippen molar-refractivity contribution < 1.29 is 13.2 Å². The van der Waals surface area contributed by atoms with Crippen molar-refractivity contribution in [1.82, 2.24) is 14.5 Å². The average Bonchev–Trinajstić information content (AvgIpc) is 3.08. The fourth-order valence-corrected chi connectivity index (χ4v) is 4.12. The van der Waals surface area contributed by atoms with Crippen molar-refractivity contribution in [1.29, 1.82) is 0 Å². The molecule has 2 aromatic rings. The van der Waals surface area contributed by atoms with Crippen LogP contribution in [0.3, 0.4) is 0 Å². The van der Waals surface area contributed by atoms with Gasteiger partial charge in [-0.15, -0.1) is 11.3 Å². The first-order valence-corrected chi connectivity index (χ1v) is 10.1. The number of sulfonamides is 1. The lowest BCUT2D eigenvalue weighted by Gasteiger charge is -2.23. The molecular formula is C17H23N3O3S2. The van der Waals surface area contributed by atoms with Crippen molar-refractivity contribution in [3.63, 3.8) is 0 Å². The summed E-state index contributed by atoms with van der Waals surface area (Å²) in [6, 6.07) is 10.1. The number of benzene rings is 1. The third-order valence-corrected chi connectivity index (χ3v) is 6.65. The van der Waals surface area contributed by atoms with Crippen LogP contribution in [-0.2, 0) is 10.0 Å². The van der Waals surface area contributed by atoms with Crippen LogP contribution in [0.2, 0.25) is 0 Å². The molecule has 0 radical (unpaired) electrons. The maximum absolute atomic E-state index is 12.4. The van der Waals surface area contributed by atoms with E-state index in [0.29, 0.717) is 12.1 Å². The number of nitrogens with one attached hydrogen (secondary N) is 1. The van der Waals surface area contributed by atoms with E-state index in [-0.39, 0.29) is 16.8 Å². The lowest BCUT2D eigenvalue weighted by atomic mass is 10.2. The third-order valence-electron chi connectivity index (χ3n) is 3.85. The number of thiophene rings is 1. The van der Waals surface area contributed by atoms with Gasteiger partial charge < -0.3 is 10.2 Å². The van der Waals surface area contributed by atoms with E-state index in [2.05, 4.69) is 10.2 Å². The summed E-state index contributed by atoms with van der Waals surface area (Å²) in [5.74, 6) is -0.225. The van der Waals surface area contributed by atoms with Crippen LogP contribution in [0.15, 0.2) is 46.7 Å². The standard InChI is InChI=1S/C17H23N3O3S2/c1-19(2)15(16-6-5-11-24-16)12-18-17(21)13-7-9-14(10-8-13)25(22,23)20(3)4/h5-11,15H,12H2,1-4H3,(H,18,21)/t15-/m0/s1. The number of hydrogen-bond acceptors (Lipinski definition) is 5. The van der Waals surface area contributed by atoms with Crippen LogP contribution in [0.4, 0.5) is 0 Å². The summed E-state index contributed by atoms with van der Waals surface area (Å²) in [5, 5.41) is 4.93. The summed E-state index contributed by atoms with van der Waals surface area (Å²) >= 11 is 1.65. The SMILES string of the molecule is CN(C)[C@@H](CNC(=O)c1ccc(S(=O)(=O)N(C)C)cc1)c1cccs1. The molecule has 0 saturated carbocycles. The molecule has 0 bridgehead atoms. The molecule has 8 heteroatoms. The zero-order valence-corrected chi connectivity index (χ0v) is 16.4. The van der Waals surface area contributed by atoms with Gasteiger partial charge in [0.15, 0.2) is 0 Å². The Morgan fingerprint density at radius 1 is 1.12 bits per heavy atom. The highest BCUT2D eigenvalue weighted by Crippen LogP contribution is 2.22. The number of carbonyl (C=O) groups is 1. The predicted molar refractivity (Wildman–Crippen MR) is 100 cm³/mol. The summed E-state index contributed by atoms with van der Waals surface area (Å²) in [5.41, 5.74) is 0.432. The first kappa shape index (κ1) is 19.6. The molecule has 1 aromatic carbocycles. The quantitative estimate of drug-likeness (QED) is 0.797. The number of carbonyl (C=O) groups excluding carboxylic acids is 1. The lowest BCUT2D eigenvalue weighted by molar-refractivity contribution is 0.0942. The van der Waals surface area contributed by atoms with E-state index in [0.717, 1.165) is 4.31 Å². The Bertz CT molecular complexity index is 798. The van der Waals surface area contributed by atoms with Gasteiger partial charge in [0.25, 0.3) is 5.91 Å². The van der Waals surface area contributed by atoms with Gasteiger partial charge in [-0.25, -0.2) is 12.7 Å². The fourth-order valence-electron chi connectivity index (χ4n) is 2.30. The predicted octanol–water partition coefficient (Wildman–Crippen LogP) is 2.03. The normalized spacial score (nSPS) is 13.2. The van der Waals surface area contributed by atoms with Gasteiger partial charge in [-0.1, -0.05) is 6.07 Å². The summed E-state index contributed by atoms with van der Waals surface area (Å²) < 4.78 is 25.3. The lowest BCUT2D eigenvalue weighted by Crippen LogP contribution is -2.34. The highest BCUT2D eigenvalue weighted by Gasteiger charge is 2.19. The van der Waals surface area contributed by atoms with Crippen LogP contribution < -0.4 is 5.32 Å². The van der Waals surface area contributed by atoms with E-state index in [1.807, 2.05) is 31.6 Å². The van der Waals surface area contributed by atoms with E-state index in [9.17, 15) is 13.2 Å². The van der Waals surface area contributed by atoms with Gasteiger partial charge >= 0.3 is 0 Å². The molecule has 0 spiro atoms. The number of amides is 1. The number of likely N-dealkylation sites (N-methyl/N-ethyl adjacent to an activating group) is 1. The molecule has 1 amide bonds. The Balaban J connectivity index is 2.06. The molecule has 6 nitrogen and oxygen atoms in total. The fraction of sp³-hybridized carbons (Fsp3) is 0.353. The topological polar surface area (TPSA) is 69.7 Å². The first-order chi connectivity index (χ1) is 11.7. The molecule has 0 fully saturated rings. The minimum Gasteiger partial charge on any atom is -0.350 e. The second-order valence-corrected chi connectivity index (χ2v) is 9.15. The molecule has 0 aliphatic heterocycles. The van der Waals surface area contributed by atoms with Crippen molar-refractivity contribution >= 4 is 27.3 Å². The summed E-state index contributed by atoms with van der Waals surface area (Å²) in [6.07, 6.45) is 0. The van der Waals surface area contributed by atoms with Gasteiger partial charge in [0, 0.05) is 31.1 Å². The van der Waals surface area contributed by atoms with Crippen molar-refractivity contribution in [2.45, 2.75) is 10.9 Å². The number of nitrogens with zero attached hydrogens (tertiary/aromatic N) is 2. The first-order valence-electron chi connectivity index (χ1n) is 7.74. The summed E-state index contributed by atoms with van der Waals surface area (Å²) in [7, 11) is 3.40. The Morgan fingerprint density at radius 2 is 1.76 bits per heavy atom. The molecule has 2 rings (SSSR count). The molecule has 136 valence electrons. The maximum Gasteiger partial charge on any atom is 0.251 e. The van der Waals surface area contributed by atoms with E-state index in [1.54, 1.807) is 11.3 Å². The monoisotopic (exact) mass is 381 g/mol. The van der Waals surface area contributed by atoms with E-state index < -0.39 is 10.0 Å². The Kier molecular flexibility index (Phi) is 6.34. The second kappa shape index (κ2) is 8.09. The smallest absolute Gasteiger partial charge is 0.251 e. The van der Waals surface area contributed by atoms with Gasteiger partial charge in [0.1, 0.15) is 0 Å². The van der Waals surface area contributed by atoms with Crippen LogP contribution >= 0.6 is 11.3 Å². The van der Waals surface area contributed by atoms with Gasteiger partial charge in [0.05, 0.1) is 10.9 Å². The van der Waals surface area contributed by atoms with Crippen LogP contribution in [0.1, 0.15) is 21.3 Å². The van der Waals surface area contributed by atoms with Gasteiger partial charge in [0.2, 0.25) is 10.0 Å². The van der Waals surface area contributed by atoms with Crippen molar-refractivity contribution in [2.24, 2.45) is 0 Å². The molecule has 0 aliphatic rings. The molecule has 1 aromatic heterocycles. The Morgan fingerprint density at radius 3 is 2.24 bits per heavy atom. The molecular weight excluding hydrogens is 358 g/mol. The highest BCUT2D eigenvalue weighted by molar-refractivity contribution is 7.89. The highest BCUT2D eigenvalue weighted by atomic mass is 32.2. The largest absolute Gasteiger partial charge is 0.350 e. The average molecular weight is 382 g/mol. The number of rotatable bonds is 7. The molecule has 0 aliphatic carbocycles. The molecule has 25 heavy (non-hydrogen) atoms. The Hall–Kier alpha value is -1.74. The van der Waals surface area contributed by atoms with Gasteiger partial charge in [-0.3, -0.25) is 4.79 Å². The van der Waals surface area contributed by atoms with Gasteiger partial charge in [-0.2, -0.15) is 0 Å². The maximum atomic E-state index is 12.4. The minimum atomic E-state index is -3.49. The summed E-state index contributed by atoms with van der Waals surface area (Å²) in [4.78, 5) is 15.7. The van der Waals surface area contributed by atoms with Crippen LogP contribution in [0.25, 0.3) is 0 Å². The van der Waals surface area contributed by atoms with Crippen molar-refractivity contribution in [3.05, 3.63) is 52.2 Å². The van der Waals surface area contributed by atoms with Crippen molar-refractivity contribution in [3.8, 4) is 0 Å². The zero-order valence-electron chi connectivity index (χ0n) is 14.8. The summed E-state index contributed by atoms with van der Waals surface area (Å²) in [6.45, 7) is 0.476. The second-order valence-electron chi connectivity index (χ2n) is 6.02. The molecule has 1 heterocycles. The molecule has 1 atom stereocenters. The molecule has 1 N–H and O–H groups in total. The van der Waals surface area contributed by atoms with Crippen LogP contribution in [0, 0.1) is 0 Å². The van der Waals surface area contributed by atoms with Crippen molar-refractivity contribution in [2.75, 3.05) is 34.7 Å². The third kappa shape index (κ3) is 4.66. The van der Waals surface area contributed by atoms with E-state index in [4.69, 9.17) is 0 Å². The number of hydrogen-bond donors (Lipinski definition) is 1. The van der Waals surface area contributed by atoms with Crippen LogP contribution in [-0.4, -0.2) is 58.3 Å². The minimum absolute atomic E-state index is 0.0948. The van der Waals surface area contributed by atoms with Crippen LogP contribution in [0.5, 0.6) is 0 Å².